The monoisotopic (exact) mass is 355 g/mol. The molecule has 0 saturated carbocycles. The second-order valence-corrected chi connectivity index (χ2v) is 6.68. The molecule has 1 saturated heterocycles. The molecule has 1 aliphatic rings. The maximum atomic E-state index is 12.2. The van der Waals surface area contributed by atoms with Gasteiger partial charge < -0.3 is 9.64 Å². The molecule has 26 heavy (non-hydrogen) atoms. The van der Waals surface area contributed by atoms with E-state index in [1.807, 2.05) is 48.9 Å². The summed E-state index contributed by atoms with van der Waals surface area (Å²) in [6.07, 6.45) is 3.33. The lowest BCUT2D eigenvalue weighted by Gasteiger charge is -2.26. The Hall–Kier alpha value is -2.63. The van der Waals surface area contributed by atoms with E-state index in [1.165, 1.54) is 0 Å². The van der Waals surface area contributed by atoms with Gasteiger partial charge >= 0.3 is 5.97 Å². The van der Waals surface area contributed by atoms with E-state index in [1.54, 1.807) is 4.90 Å². The van der Waals surface area contributed by atoms with Crippen LogP contribution in [0.3, 0.4) is 0 Å². The molecule has 0 N–H and O–H groups in total. The largest absolute Gasteiger partial charge is 0.455 e. The summed E-state index contributed by atoms with van der Waals surface area (Å²) in [6.45, 7) is 5.17. The fourth-order valence-electron chi connectivity index (χ4n) is 3.32. The highest BCUT2D eigenvalue weighted by molar-refractivity contribution is 5.81. The number of hydrogen-bond acceptors (Lipinski definition) is 4. The zero-order valence-electron chi connectivity index (χ0n) is 15.4. The third kappa shape index (κ3) is 4.12. The minimum absolute atomic E-state index is 0.105. The van der Waals surface area contributed by atoms with Gasteiger partial charge in [-0.25, -0.2) is 4.68 Å². The molecule has 1 aromatic heterocycles. The Kier molecular flexibility index (Phi) is 5.71. The van der Waals surface area contributed by atoms with Crippen LogP contribution in [0.25, 0.3) is 5.69 Å². The summed E-state index contributed by atoms with van der Waals surface area (Å²) in [5.41, 5.74) is 3.51. The number of likely N-dealkylation sites (tertiary alicyclic amines) is 1. The van der Waals surface area contributed by atoms with Crippen molar-refractivity contribution in [2.45, 2.75) is 39.5 Å². The summed E-state index contributed by atoms with van der Waals surface area (Å²) in [5, 5.41) is 4.54. The van der Waals surface area contributed by atoms with Gasteiger partial charge in [-0.15, -0.1) is 0 Å². The zero-order chi connectivity index (χ0) is 18.5. The molecule has 0 unspecified atom stereocenters. The van der Waals surface area contributed by atoms with Gasteiger partial charge in [0.25, 0.3) is 5.91 Å². The van der Waals surface area contributed by atoms with Crippen molar-refractivity contribution in [3.63, 3.8) is 0 Å². The molecule has 0 radical (unpaired) electrons. The van der Waals surface area contributed by atoms with Gasteiger partial charge in [-0.2, -0.15) is 5.10 Å². The van der Waals surface area contributed by atoms with Crippen molar-refractivity contribution < 1.29 is 14.3 Å². The van der Waals surface area contributed by atoms with E-state index in [0.717, 1.165) is 55.0 Å². The predicted octanol–water partition coefficient (Wildman–Crippen LogP) is 2.59. The Morgan fingerprint density at radius 2 is 1.77 bits per heavy atom. The maximum Gasteiger partial charge on any atom is 0.310 e. The summed E-state index contributed by atoms with van der Waals surface area (Å²) < 4.78 is 7.05. The van der Waals surface area contributed by atoms with E-state index in [9.17, 15) is 9.59 Å². The number of esters is 1. The van der Waals surface area contributed by atoms with Crippen LogP contribution in [0.5, 0.6) is 0 Å². The fraction of sp³-hybridized carbons (Fsp3) is 0.450. The summed E-state index contributed by atoms with van der Waals surface area (Å²) in [4.78, 5) is 26.1. The fourth-order valence-corrected chi connectivity index (χ4v) is 3.32. The van der Waals surface area contributed by atoms with Gasteiger partial charge in [0.2, 0.25) is 0 Å². The first kappa shape index (κ1) is 18.2. The van der Waals surface area contributed by atoms with Gasteiger partial charge in [-0.1, -0.05) is 18.2 Å². The standard InChI is InChI=1S/C20H25N3O3/c1-15-18(16(2)23(21-15)17-9-5-3-6-10-17)13-20(25)26-14-19(24)22-11-7-4-8-12-22/h3,5-6,9-10H,4,7-8,11-14H2,1-2H3. The highest BCUT2D eigenvalue weighted by Crippen LogP contribution is 2.18. The highest BCUT2D eigenvalue weighted by Gasteiger charge is 2.20. The smallest absolute Gasteiger partial charge is 0.310 e. The number of para-hydroxylation sites is 1. The molecular formula is C20H25N3O3. The molecule has 0 spiro atoms. The van der Waals surface area contributed by atoms with Crippen LogP contribution in [-0.2, 0) is 20.7 Å². The van der Waals surface area contributed by atoms with E-state index < -0.39 is 5.97 Å². The first-order chi connectivity index (χ1) is 12.6. The van der Waals surface area contributed by atoms with Crippen molar-refractivity contribution in [2.75, 3.05) is 19.7 Å². The van der Waals surface area contributed by atoms with Crippen LogP contribution in [0, 0.1) is 13.8 Å². The Bertz CT molecular complexity index is 777. The lowest BCUT2D eigenvalue weighted by atomic mass is 10.1. The van der Waals surface area contributed by atoms with Crippen molar-refractivity contribution in [1.29, 1.82) is 0 Å². The molecular weight excluding hydrogens is 330 g/mol. The number of ether oxygens (including phenoxy) is 1. The van der Waals surface area contributed by atoms with Crippen LogP contribution in [0.2, 0.25) is 0 Å². The van der Waals surface area contributed by atoms with Crippen LogP contribution in [0.1, 0.15) is 36.2 Å². The molecule has 0 aliphatic carbocycles. The van der Waals surface area contributed by atoms with Crippen LogP contribution < -0.4 is 0 Å². The maximum absolute atomic E-state index is 12.2. The number of aromatic nitrogens is 2. The highest BCUT2D eigenvalue weighted by atomic mass is 16.5. The molecule has 1 fully saturated rings. The minimum Gasteiger partial charge on any atom is -0.455 e. The quantitative estimate of drug-likeness (QED) is 0.774. The molecule has 6 nitrogen and oxygen atoms in total. The number of nitrogens with zero attached hydrogens (tertiary/aromatic N) is 3. The van der Waals surface area contributed by atoms with Gasteiger partial charge in [0.1, 0.15) is 0 Å². The summed E-state index contributed by atoms with van der Waals surface area (Å²) in [5.74, 6) is -0.499. The third-order valence-electron chi connectivity index (χ3n) is 4.83. The number of benzene rings is 1. The first-order valence-corrected chi connectivity index (χ1v) is 9.10. The first-order valence-electron chi connectivity index (χ1n) is 9.10. The van der Waals surface area contributed by atoms with Crippen molar-refractivity contribution in [2.24, 2.45) is 0 Å². The van der Waals surface area contributed by atoms with Gasteiger partial charge in [-0.3, -0.25) is 9.59 Å². The second kappa shape index (κ2) is 8.17. The molecule has 1 aromatic carbocycles. The molecule has 0 atom stereocenters. The average molecular weight is 355 g/mol. The van der Waals surface area contributed by atoms with Crippen LogP contribution in [0.15, 0.2) is 30.3 Å². The topological polar surface area (TPSA) is 64.4 Å². The average Bonchev–Trinajstić information content (AvgIpc) is 2.95. The molecule has 2 heterocycles. The van der Waals surface area contributed by atoms with E-state index in [0.29, 0.717) is 0 Å². The van der Waals surface area contributed by atoms with E-state index in [-0.39, 0.29) is 18.9 Å². The van der Waals surface area contributed by atoms with E-state index in [2.05, 4.69) is 5.10 Å². The van der Waals surface area contributed by atoms with E-state index >= 15 is 0 Å². The molecule has 6 heteroatoms. The summed E-state index contributed by atoms with van der Waals surface area (Å²) in [7, 11) is 0. The van der Waals surface area contributed by atoms with Crippen LogP contribution >= 0.6 is 0 Å². The normalized spacial score (nSPS) is 14.3. The molecule has 138 valence electrons. The van der Waals surface area contributed by atoms with Crippen molar-refractivity contribution in [1.82, 2.24) is 14.7 Å². The Balaban J connectivity index is 1.61. The number of piperidine rings is 1. The lowest BCUT2D eigenvalue weighted by molar-refractivity contribution is -0.151. The third-order valence-corrected chi connectivity index (χ3v) is 4.83. The molecule has 3 rings (SSSR count). The number of amides is 1. The second-order valence-electron chi connectivity index (χ2n) is 6.68. The van der Waals surface area contributed by atoms with Crippen LogP contribution in [0.4, 0.5) is 0 Å². The van der Waals surface area contributed by atoms with Gasteiger partial charge in [0, 0.05) is 24.3 Å². The predicted molar refractivity (Wildman–Crippen MR) is 98.1 cm³/mol. The molecule has 2 aromatic rings. The summed E-state index contributed by atoms with van der Waals surface area (Å²) in [6, 6.07) is 9.79. The van der Waals surface area contributed by atoms with Crippen molar-refractivity contribution >= 4 is 11.9 Å². The number of rotatable bonds is 5. The number of carbonyl (C=O) groups is 2. The number of aryl methyl sites for hydroxylation is 1. The van der Waals surface area contributed by atoms with Gasteiger partial charge in [-0.05, 0) is 45.2 Å². The Morgan fingerprint density at radius 1 is 1.08 bits per heavy atom. The summed E-state index contributed by atoms with van der Waals surface area (Å²) >= 11 is 0. The Labute approximate surface area is 153 Å². The van der Waals surface area contributed by atoms with Crippen molar-refractivity contribution in [3.05, 3.63) is 47.3 Å². The Morgan fingerprint density at radius 3 is 2.46 bits per heavy atom. The SMILES string of the molecule is Cc1nn(-c2ccccc2)c(C)c1CC(=O)OCC(=O)N1CCCCC1. The van der Waals surface area contributed by atoms with Gasteiger partial charge in [0.15, 0.2) is 6.61 Å². The number of hydrogen-bond donors (Lipinski definition) is 0. The molecule has 1 amide bonds. The number of carbonyl (C=O) groups excluding carboxylic acids is 2. The van der Waals surface area contributed by atoms with Gasteiger partial charge in [0.05, 0.1) is 17.8 Å². The lowest BCUT2D eigenvalue weighted by Crippen LogP contribution is -2.38. The zero-order valence-corrected chi connectivity index (χ0v) is 15.4. The van der Waals surface area contributed by atoms with E-state index in [4.69, 9.17) is 4.74 Å². The van der Waals surface area contributed by atoms with Crippen LogP contribution in [-0.4, -0.2) is 46.3 Å². The molecule has 1 aliphatic heterocycles. The molecule has 0 bridgehead atoms. The minimum atomic E-state index is -0.394. The van der Waals surface area contributed by atoms with Crippen molar-refractivity contribution in [3.8, 4) is 5.69 Å².